The molecule has 0 aliphatic carbocycles. The van der Waals surface area contributed by atoms with Gasteiger partial charge in [-0.15, -0.1) is 0 Å². The second kappa shape index (κ2) is 8.11. The molecule has 7 heteroatoms. The van der Waals surface area contributed by atoms with Crippen molar-refractivity contribution in [1.29, 1.82) is 0 Å². The molecule has 0 saturated heterocycles. The molecule has 21 heavy (non-hydrogen) atoms. The third-order valence-electron chi connectivity index (χ3n) is 2.34. The number of esters is 1. The van der Waals surface area contributed by atoms with Crippen molar-refractivity contribution in [2.24, 2.45) is 4.99 Å². The minimum Gasteiger partial charge on any atom is -0.459 e. The van der Waals surface area contributed by atoms with Crippen molar-refractivity contribution in [1.82, 2.24) is 15.4 Å². The lowest BCUT2D eigenvalue weighted by atomic mass is 10.1. The SMILES string of the molecule is CN=CN(/C=C(/C(=O)OC(C)C)c1cncc(F)c1)NC. The Morgan fingerprint density at radius 2 is 2.24 bits per heavy atom. The highest BCUT2D eigenvalue weighted by Crippen LogP contribution is 2.17. The zero-order chi connectivity index (χ0) is 15.8. The molecule has 6 nitrogen and oxygen atoms in total. The number of carbonyl (C=O) groups excluding carboxylic acids is 1. The fourth-order valence-electron chi connectivity index (χ4n) is 1.50. The zero-order valence-corrected chi connectivity index (χ0v) is 12.5. The zero-order valence-electron chi connectivity index (χ0n) is 12.5. The molecule has 0 spiro atoms. The van der Waals surface area contributed by atoms with E-state index in [1.165, 1.54) is 29.8 Å². The highest BCUT2D eigenvalue weighted by molar-refractivity contribution is 6.16. The van der Waals surface area contributed by atoms with E-state index in [0.29, 0.717) is 5.56 Å². The predicted molar refractivity (Wildman–Crippen MR) is 78.7 cm³/mol. The molecular formula is C14H19FN4O2. The number of halogens is 1. The first-order chi connectivity index (χ1) is 9.97. The summed E-state index contributed by atoms with van der Waals surface area (Å²) in [7, 11) is 3.25. The van der Waals surface area contributed by atoms with Crippen molar-refractivity contribution < 1.29 is 13.9 Å². The summed E-state index contributed by atoms with van der Waals surface area (Å²) in [5, 5.41) is 1.46. The number of aromatic nitrogens is 1. The van der Waals surface area contributed by atoms with Crippen LogP contribution in [0.15, 0.2) is 29.7 Å². The minimum atomic E-state index is -0.567. The van der Waals surface area contributed by atoms with Crippen LogP contribution in [0.2, 0.25) is 0 Å². The summed E-state index contributed by atoms with van der Waals surface area (Å²) in [5.74, 6) is -1.10. The maximum Gasteiger partial charge on any atom is 0.340 e. The molecule has 1 aromatic heterocycles. The molecule has 0 atom stereocenters. The normalized spacial score (nSPS) is 12.0. The molecule has 0 radical (unpaired) electrons. The first kappa shape index (κ1) is 16.8. The van der Waals surface area contributed by atoms with Crippen molar-refractivity contribution in [3.8, 4) is 0 Å². The predicted octanol–water partition coefficient (Wildman–Crippen LogP) is 1.61. The van der Waals surface area contributed by atoms with Crippen LogP contribution in [0.3, 0.4) is 0 Å². The van der Waals surface area contributed by atoms with Crippen LogP contribution < -0.4 is 5.43 Å². The summed E-state index contributed by atoms with van der Waals surface area (Å²) in [6.45, 7) is 3.48. The highest BCUT2D eigenvalue weighted by Gasteiger charge is 2.17. The average molecular weight is 294 g/mol. The minimum absolute atomic E-state index is 0.171. The average Bonchev–Trinajstić information content (AvgIpc) is 2.42. The van der Waals surface area contributed by atoms with Gasteiger partial charge in [0.15, 0.2) is 0 Å². The largest absolute Gasteiger partial charge is 0.459 e. The van der Waals surface area contributed by atoms with Crippen LogP contribution in [0.1, 0.15) is 19.4 Å². The van der Waals surface area contributed by atoms with Crippen LogP contribution in [0.4, 0.5) is 4.39 Å². The fraction of sp³-hybridized carbons (Fsp3) is 0.357. The number of nitrogens with one attached hydrogen (secondary N) is 1. The van der Waals surface area contributed by atoms with Crippen LogP contribution in [-0.2, 0) is 9.53 Å². The Bertz CT molecular complexity index is 544. The van der Waals surface area contributed by atoms with Crippen molar-refractivity contribution in [2.45, 2.75) is 20.0 Å². The Morgan fingerprint density at radius 3 is 2.76 bits per heavy atom. The number of rotatable bonds is 6. The first-order valence-corrected chi connectivity index (χ1v) is 6.39. The number of hydrazine groups is 1. The van der Waals surface area contributed by atoms with E-state index in [4.69, 9.17) is 4.74 Å². The molecule has 1 aromatic rings. The number of ether oxygens (including phenoxy) is 1. The maximum absolute atomic E-state index is 13.3. The molecule has 0 fully saturated rings. The van der Waals surface area contributed by atoms with Crippen LogP contribution in [-0.4, -0.2) is 42.5 Å². The van der Waals surface area contributed by atoms with Crippen LogP contribution in [0, 0.1) is 5.82 Å². The molecule has 114 valence electrons. The topological polar surface area (TPSA) is 66.8 Å². The lowest BCUT2D eigenvalue weighted by Gasteiger charge is -2.16. The Labute approximate surface area is 123 Å². The van der Waals surface area contributed by atoms with Crippen molar-refractivity contribution >= 4 is 17.9 Å². The van der Waals surface area contributed by atoms with Gasteiger partial charge in [0.2, 0.25) is 0 Å². The molecule has 0 aliphatic heterocycles. The van der Waals surface area contributed by atoms with E-state index in [1.54, 1.807) is 27.9 Å². The second-order valence-corrected chi connectivity index (χ2v) is 4.39. The molecular weight excluding hydrogens is 275 g/mol. The number of nitrogens with zero attached hydrogens (tertiary/aromatic N) is 3. The Balaban J connectivity index is 3.22. The number of hydrogen-bond acceptors (Lipinski definition) is 5. The molecule has 0 aromatic carbocycles. The smallest absolute Gasteiger partial charge is 0.340 e. The summed E-state index contributed by atoms with van der Waals surface area (Å²) in [4.78, 5) is 19.8. The standard InChI is InChI=1S/C14H19FN4O2/c1-10(2)21-14(20)13(8-19(17-4)9-16-3)11-5-12(15)7-18-6-11/h5-10,17H,1-4H3/b13-8+,16-9?. The third kappa shape index (κ3) is 5.31. The summed E-state index contributed by atoms with van der Waals surface area (Å²) >= 11 is 0. The van der Waals surface area contributed by atoms with E-state index < -0.39 is 11.8 Å². The van der Waals surface area contributed by atoms with E-state index in [0.717, 1.165) is 6.20 Å². The number of pyridine rings is 1. The molecule has 1 heterocycles. The number of carbonyl (C=O) groups is 1. The van der Waals surface area contributed by atoms with E-state index in [-0.39, 0.29) is 11.7 Å². The number of aliphatic imine (C=N–C) groups is 1. The van der Waals surface area contributed by atoms with Gasteiger partial charge in [-0.05, 0) is 19.9 Å². The van der Waals surface area contributed by atoms with Gasteiger partial charge in [-0.1, -0.05) is 0 Å². The van der Waals surface area contributed by atoms with E-state index in [9.17, 15) is 9.18 Å². The summed E-state index contributed by atoms with van der Waals surface area (Å²) in [6, 6.07) is 1.22. The molecule has 0 unspecified atom stereocenters. The van der Waals surface area contributed by atoms with Gasteiger partial charge >= 0.3 is 5.97 Å². The van der Waals surface area contributed by atoms with Crippen molar-refractivity contribution in [2.75, 3.05) is 14.1 Å². The maximum atomic E-state index is 13.3. The van der Waals surface area contributed by atoms with Crippen molar-refractivity contribution in [3.05, 3.63) is 36.0 Å². The van der Waals surface area contributed by atoms with Gasteiger partial charge in [0.25, 0.3) is 0 Å². The fourth-order valence-corrected chi connectivity index (χ4v) is 1.50. The molecule has 0 saturated carbocycles. The molecule has 1 N–H and O–H groups in total. The molecule has 1 rings (SSSR count). The summed E-state index contributed by atoms with van der Waals surface area (Å²) < 4.78 is 18.5. The Morgan fingerprint density at radius 1 is 1.52 bits per heavy atom. The van der Waals surface area contributed by atoms with Gasteiger partial charge in [-0.2, -0.15) is 0 Å². The Hall–Kier alpha value is -2.28. The van der Waals surface area contributed by atoms with E-state index in [2.05, 4.69) is 15.4 Å². The van der Waals surface area contributed by atoms with Gasteiger partial charge in [-0.25, -0.2) is 14.6 Å². The second-order valence-electron chi connectivity index (χ2n) is 4.39. The first-order valence-electron chi connectivity index (χ1n) is 6.39. The van der Waals surface area contributed by atoms with Gasteiger partial charge < -0.3 is 4.74 Å². The van der Waals surface area contributed by atoms with E-state index in [1.807, 2.05) is 0 Å². The quantitative estimate of drug-likeness (QED) is 0.284. The van der Waals surface area contributed by atoms with Gasteiger partial charge in [-0.3, -0.25) is 15.0 Å². The van der Waals surface area contributed by atoms with Crippen molar-refractivity contribution in [3.63, 3.8) is 0 Å². The molecule has 0 amide bonds. The monoisotopic (exact) mass is 294 g/mol. The Kier molecular flexibility index (Phi) is 6.48. The van der Waals surface area contributed by atoms with Crippen LogP contribution in [0.25, 0.3) is 5.57 Å². The lowest BCUT2D eigenvalue weighted by molar-refractivity contribution is -0.140. The van der Waals surface area contributed by atoms with Gasteiger partial charge in [0, 0.05) is 32.1 Å². The lowest BCUT2D eigenvalue weighted by Crippen LogP contribution is -2.29. The van der Waals surface area contributed by atoms with Crippen LogP contribution in [0.5, 0.6) is 0 Å². The summed E-state index contributed by atoms with van der Waals surface area (Å²) in [5.41, 5.74) is 3.31. The summed E-state index contributed by atoms with van der Waals surface area (Å²) in [6.07, 6.45) is 5.11. The van der Waals surface area contributed by atoms with Gasteiger partial charge in [0.1, 0.15) is 12.2 Å². The molecule has 0 bridgehead atoms. The van der Waals surface area contributed by atoms with Gasteiger partial charge in [0.05, 0.1) is 17.9 Å². The van der Waals surface area contributed by atoms with E-state index >= 15 is 0 Å². The number of hydrogen-bond donors (Lipinski definition) is 1. The third-order valence-corrected chi connectivity index (χ3v) is 2.34. The molecule has 0 aliphatic rings. The van der Waals surface area contributed by atoms with Crippen LogP contribution >= 0.6 is 0 Å². The highest BCUT2D eigenvalue weighted by atomic mass is 19.1.